The Kier molecular flexibility index (Phi) is 7.35. The minimum atomic E-state index is -1.11. The van der Waals surface area contributed by atoms with Crippen LogP contribution in [0.3, 0.4) is 0 Å². The van der Waals surface area contributed by atoms with Gasteiger partial charge in [-0.1, -0.05) is 0 Å². The Morgan fingerprint density at radius 1 is 1.89 bits per heavy atom. The maximum Gasteiger partial charge on any atom is 0.325 e. The molecule has 0 aromatic heterocycles. The Morgan fingerprint density at radius 3 is 2.44 bits per heavy atom. The molecule has 0 fully saturated rings. The molecule has 0 radical (unpaired) electrons. The van der Waals surface area contributed by atoms with Crippen LogP contribution in [0.4, 0.5) is 4.39 Å². The highest BCUT2D eigenvalue weighted by Crippen LogP contribution is 1.82. The van der Waals surface area contributed by atoms with Gasteiger partial charge in [-0.25, -0.2) is 4.39 Å². The predicted octanol–water partition coefficient (Wildman–Crippen LogP) is -0.122. The number of esters is 1. The molecular formula is C4H9ClFNO2. The summed E-state index contributed by atoms with van der Waals surface area (Å²) in [6.07, 6.45) is 0. The molecule has 0 rings (SSSR count). The van der Waals surface area contributed by atoms with Gasteiger partial charge in [-0.05, 0) is 0 Å². The number of ether oxygens (including phenoxy) is 1. The molecule has 0 saturated heterocycles. The second-order valence-electron chi connectivity index (χ2n) is 1.28. The van der Waals surface area contributed by atoms with Crippen molar-refractivity contribution in [3.8, 4) is 0 Å². The Balaban J connectivity index is 0. The second kappa shape index (κ2) is 5.78. The number of alkyl halides is 1. The third-order valence-corrected chi connectivity index (χ3v) is 0.670. The number of hydrogen-bond donors (Lipinski definition) is 1. The van der Waals surface area contributed by atoms with Gasteiger partial charge in [0.15, 0.2) is 0 Å². The van der Waals surface area contributed by atoms with Crippen molar-refractivity contribution in [1.29, 1.82) is 0 Å². The molecule has 5 heteroatoms. The molecule has 1 atom stereocenters. The number of carbonyl (C=O) groups excluding carboxylic acids is 1. The van der Waals surface area contributed by atoms with E-state index in [-0.39, 0.29) is 12.4 Å². The fourth-order valence-electron chi connectivity index (χ4n) is 0.214. The van der Waals surface area contributed by atoms with Gasteiger partial charge < -0.3 is 10.5 Å². The fraction of sp³-hybridized carbons (Fsp3) is 0.750. The molecular weight excluding hydrogens is 148 g/mol. The summed E-state index contributed by atoms with van der Waals surface area (Å²) in [5.74, 6) is -0.715. The van der Waals surface area contributed by atoms with E-state index in [0.717, 1.165) is 7.11 Å². The smallest absolute Gasteiger partial charge is 0.325 e. The number of nitrogens with two attached hydrogens (primary N) is 1. The molecule has 0 amide bonds. The summed E-state index contributed by atoms with van der Waals surface area (Å²) < 4.78 is 15.5. The first-order valence-electron chi connectivity index (χ1n) is 2.11. The summed E-state index contributed by atoms with van der Waals surface area (Å²) in [4.78, 5) is 10.2. The third kappa shape index (κ3) is 4.17. The Morgan fingerprint density at radius 2 is 2.33 bits per heavy atom. The quantitative estimate of drug-likeness (QED) is 0.569. The molecule has 56 valence electrons. The highest BCUT2D eigenvalue weighted by Gasteiger charge is 2.11. The molecule has 0 aliphatic carbocycles. The van der Waals surface area contributed by atoms with Gasteiger partial charge >= 0.3 is 5.97 Å². The monoisotopic (exact) mass is 157 g/mol. The van der Waals surface area contributed by atoms with Gasteiger partial charge in [-0.15, -0.1) is 12.4 Å². The topological polar surface area (TPSA) is 52.3 Å². The first-order chi connectivity index (χ1) is 3.72. The van der Waals surface area contributed by atoms with Gasteiger partial charge in [0.25, 0.3) is 0 Å². The highest BCUT2D eigenvalue weighted by molar-refractivity contribution is 5.85. The van der Waals surface area contributed by atoms with Crippen LogP contribution in [0.1, 0.15) is 0 Å². The molecule has 0 spiro atoms. The van der Waals surface area contributed by atoms with Crippen LogP contribution in [-0.4, -0.2) is 25.8 Å². The third-order valence-electron chi connectivity index (χ3n) is 0.670. The van der Waals surface area contributed by atoms with Crippen molar-refractivity contribution in [2.75, 3.05) is 13.8 Å². The standard InChI is InChI=1S/C4H8FNO2.ClH/c1-8-4(7)3(6)2-5;/h3H,2,6H2,1H3;1H/t3-;/m1./s1. The van der Waals surface area contributed by atoms with Crippen molar-refractivity contribution in [3.05, 3.63) is 0 Å². The van der Waals surface area contributed by atoms with Gasteiger partial charge in [0.2, 0.25) is 0 Å². The average molecular weight is 158 g/mol. The normalized spacial score (nSPS) is 11.4. The van der Waals surface area contributed by atoms with Crippen LogP contribution < -0.4 is 5.73 Å². The summed E-state index contributed by atoms with van der Waals surface area (Å²) in [5, 5.41) is 0. The largest absolute Gasteiger partial charge is 0.468 e. The minimum Gasteiger partial charge on any atom is -0.468 e. The lowest BCUT2D eigenvalue weighted by atomic mass is 10.4. The number of halogens is 2. The van der Waals surface area contributed by atoms with E-state index < -0.39 is 18.7 Å². The van der Waals surface area contributed by atoms with E-state index in [1.54, 1.807) is 0 Å². The van der Waals surface area contributed by atoms with Crippen molar-refractivity contribution in [2.45, 2.75) is 6.04 Å². The Labute approximate surface area is 58.8 Å². The first-order valence-corrected chi connectivity index (χ1v) is 2.11. The van der Waals surface area contributed by atoms with E-state index in [2.05, 4.69) is 4.74 Å². The molecule has 0 aliphatic rings. The molecule has 0 bridgehead atoms. The van der Waals surface area contributed by atoms with Crippen molar-refractivity contribution >= 4 is 18.4 Å². The number of rotatable bonds is 2. The summed E-state index contributed by atoms with van der Waals surface area (Å²) >= 11 is 0. The fourth-order valence-corrected chi connectivity index (χ4v) is 0.214. The maximum atomic E-state index is 11.4. The summed E-state index contributed by atoms with van der Waals surface area (Å²) in [7, 11) is 1.16. The highest BCUT2D eigenvalue weighted by atomic mass is 35.5. The van der Waals surface area contributed by atoms with Gasteiger partial charge in [-0.2, -0.15) is 0 Å². The zero-order valence-corrected chi connectivity index (χ0v) is 5.78. The van der Waals surface area contributed by atoms with Crippen LogP contribution in [-0.2, 0) is 9.53 Å². The van der Waals surface area contributed by atoms with Crippen molar-refractivity contribution < 1.29 is 13.9 Å². The van der Waals surface area contributed by atoms with Crippen molar-refractivity contribution in [3.63, 3.8) is 0 Å². The van der Waals surface area contributed by atoms with Crippen LogP contribution in [0.2, 0.25) is 0 Å². The van der Waals surface area contributed by atoms with E-state index in [4.69, 9.17) is 5.73 Å². The predicted molar refractivity (Wildman–Crippen MR) is 33.2 cm³/mol. The van der Waals surface area contributed by atoms with Gasteiger partial charge in [0.1, 0.15) is 12.7 Å². The second-order valence-corrected chi connectivity index (χ2v) is 1.28. The van der Waals surface area contributed by atoms with E-state index in [1.165, 1.54) is 0 Å². The zero-order valence-electron chi connectivity index (χ0n) is 4.96. The van der Waals surface area contributed by atoms with Gasteiger partial charge in [0, 0.05) is 0 Å². The van der Waals surface area contributed by atoms with E-state index >= 15 is 0 Å². The van der Waals surface area contributed by atoms with Crippen LogP contribution in [0.25, 0.3) is 0 Å². The molecule has 0 aliphatic heterocycles. The molecule has 0 aromatic carbocycles. The van der Waals surface area contributed by atoms with Crippen molar-refractivity contribution in [2.24, 2.45) is 5.73 Å². The number of carbonyl (C=O) groups is 1. The SMILES string of the molecule is COC(=O)[C@H](N)CF.Cl. The maximum absolute atomic E-state index is 11.4. The zero-order chi connectivity index (χ0) is 6.57. The average Bonchev–Trinajstić information content (AvgIpc) is 1.84. The van der Waals surface area contributed by atoms with Crippen molar-refractivity contribution in [1.82, 2.24) is 0 Å². The van der Waals surface area contributed by atoms with Crippen LogP contribution >= 0.6 is 12.4 Å². The lowest BCUT2D eigenvalue weighted by Gasteiger charge is -2.01. The molecule has 0 aromatic rings. The molecule has 0 heterocycles. The lowest BCUT2D eigenvalue weighted by Crippen LogP contribution is -2.33. The van der Waals surface area contributed by atoms with Crippen LogP contribution in [0.15, 0.2) is 0 Å². The molecule has 3 nitrogen and oxygen atoms in total. The molecule has 9 heavy (non-hydrogen) atoms. The summed E-state index contributed by atoms with van der Waals surface area (Å²) in [5.41, 5.74) is 4.88. The molecule has 2 N–H and O–H groups in total. The molecule has 0 saturated carbocycles. The summed E-state index contributed by atoms with van der Waals surface area (Å²) in [6.45, 7) is -0.868. The van der Waals surface area contributed by atoms with E-state index in [0.29, 0.717) is 0 Å². The van der Waals surface area contributed by atoms with E-state index in [9.17, 15) is 9.18 Å². The Hall–Kier alpha value is -0.350. The van der Waals surface area contributed by atoms with Crippen LogP contribution in [0.5, 0.6) is 0 Å². The summed E-state index contributed by atoms with van der Waals surface area (Å²) in [6, 6.07) is -1.11. The van der Waals surface area contributed by atoms with Gasteiger partial charge in [-0.3, -0.25) is 4.79 Å². The lowest BCUT2D eigenvalue weighted by molar-refractivity contribution is -0.142. The number of methoxy groups -OCH3 is 1. The Bertz CT molecular complexity index is 90.6. The van der Waals surface area contributed by atoms with Gasteiger partial charge in [0.05, 0.1) is 7.11 Å². The first kappa shape index (κ1) is 11.4. The van der Waals surface area contributed by atoms with E-state index in [1.807, 2.05) is 0 Å². The minimum absolute atomic E-state index is 0. The molecule has 0 unspecified atom stereocenters. The van der Waals surface area contributed by atoms with Crippen LogP contribution in [0, 0.1) is 0 Å². The number of hydrogen-bond acceptors (Lipinski definition) is 3.